The van der Waals surface area contributed by atoms with Gasteiger partial charge >= 0.3 is 0 Å². The van der Waals surface area contributed by atoms with Crippen molar-refractivity contribution in [3.05, 3.63) is 118 Å². The van der Waals surface area contributed by atoms with Gasteiger partial charge in [0, 0.05) is 23.3 Å². The molecule has 2 heterocycles. The Morgan fingerprint density at radius 3 is 1.57 bits per heavy atom. The summed E-state index contributed by atoms with van der Waals surface area (Å²) in [6, 6.07) is 24.9. The number of halogens is 2. The van der Waals surface area contributed by atoms with Gasteiger partial charge in [-0.15, -0.1) is 0 Å². The Kier molecular flexibility index (Phi) is 9.43. The molecule has 0 atom stereocenters. The molecule has 240 valence electrons. The summed E-state index contributed by atoms with van der Waals surface area (Å²) in [5.41, 5.74) is 5.84. The van der Waals surface area contributed by atoms with Crippen LogP contribution < -0.4 is 0 Å². The highest BCUT2D eigenvalue weighted by molar-refractivity contribution is 6.32. The fraction of sp³-hybridized carbons (Fsp3) is 0.189. The first-order chi connectivity index (χ1) is 22.7. The molecule has 4 aromatic carbocycles. The quantitative estimate of drug-likeness (QED) is 0.129. The van der Waals surface area contributed by atoms with Gasteiger partial charge in [-0.25, -0.2) is 9.36 Å². The van der Waals surface area contributed by atoms with E-state index in [-0.39, 0.29) is 23.0 Å². The van der Waals surface area contributed by atoms with Gasteiger partial charge < -0.3 is 20.4 Å². The molecular weight excluding hydrogens is 635 g/mol. The minimum absolute atomic E-state index is 0.0103. The summed E-state index contributed by atoms with van der Waals surface area (Å²) < 4.78 is 3.39. The van der Waals surface area contributed by atoms with E-state index in [1.165, 1.54) is 25.0 Å². The highest BCUT2D eigenvalue weighted by atomic mass is 35.5. The molecule has 6 aromatic rings. The van der Waals surface area contributed by atoms with Gasteiger partial charge in [0.1, 0.15) is 23.0 Å². The summed E-state index contributed by atoms with van der Waals surface area (Å²) in [4.78, 5) is 0. The number of hydrogen-bond acceptors (Lipinski definition) is 6. The van der Waals surface area contributed by atoms with E-state index in [1.807, 2.05) is 61.5 Å². The maximum atomic E-state index is 10.3. The van der Waals surface area contributed by atoms with Gasteiger partial charge in [0.05, 0.1) is 45.2 Å². The van der Waals surface area contributed by atoms with E-state index in [0.717, 1.165) is 47.5 Å². The van der Waals surface area contributed by atoms with Crippen LogP contribution in [0, 0.1) is 5.92 Å². The van der Waals surface area contributed by atoms with Gasteiger partial charge in [-0.1, -0.05) is 60.8 Å². The molecule has 0 amide bonds. The van der Waals surface area contributed by atoms with Crippen molar-refractivity contribution in [2.24, 2.45) is 5.92 Å². The number of nitrogens with zero attached hydrogens (tertiary/aromatic N) is 4. The first-order valence-electron chi connectivity index (χ1n) is 15.4. The Bertz CT molecular complexity index is 2030. The van der Waals surface area contributed by atoms with Crippen LogP contribution in [0.5, 0.6) is 23.0 Å². The standard InChI is InChI=1S/C19H17ClN2O2.C18H17ClN2O2/c20-15-3-1-2-4-17(15)22-16(7-8-21-22)14-10-13(9-12-5-6-12)18(23)11-19(14)24;1-2-5-12-10-13(18(23)11-17(12)22)15-8-9-20-21(15)16-7-4-3-6-14(16)19/h1-4,7-8,10-12,23-24H,5-6,9H2;3-4,6-11,22-23H,2,5H2,1H3. The average molecular weight is 670 g/mol. The highest BCUT2D eigenvalue weighted by Crippen LogP contribution is 2.41. The molecule has 8 nitrogen and oxygen atoms in total. The number of rotatable bonds is 8. The number of aromatic hydroxyl groups is 4. The van der Waals surface area contributed by atoms with Crippen LogP contribution in [0.15, 0.2) is 97.3 Å². The maximum absolute atomic E-state index is 10.3. The zero-order valence-electron chi connectivity index (χ0n) is 25.7. The Hall–Kier alpha value is -4.92. The van der Waals surface area contributed by atoms with Crippen LogP contribution in [-0.4, -0.2) is 40.0 Å². The Morgan fingerprint density at radius 2 is 1.11 bits per heavy atom. The average Bonchev–Trinajstić information content (AvgIpc) is 3.52. The minimum Gasteiger partial charge on any atom is -0.508 e. The number of benzene rings is 4. The van der Waals surface area contributed by atoms with Crippen LogP contribution in [-0.2, 0) is 12.8 Å². The molecule has 0 spiro atoms. The van der Waals surface area contributed by atoms with Gasteiger partial charge in [0.2, 0.25) is 0 Å². The number of phenolic OH excluding ortho intramolecular Hbond substituents is 4. The fourth-order valence-corrected chi connectivity index (χ4v) is 6.00. The first kappa shape index (κ1) is 32.0. The second-order valence-corrected chi connectivity index (χ2v) is 12.4. The normalized spacial score (nSPS) is 12.5. The first-order valence-corrected chi connectivity index (χ1v) is 16.2. The van der Waals surface area contributed by atoms with Crippen molar-refractivity contribution in [2.45, 2.75) is 39.0 Å². The number of phenols is 4. The maximum Gasteiger partial charge on any atom is 0.128 e. The van der Waals surface area contributed by atoms with Crippen molar-refractivity contribution in [3.63, 3.8) is 0 Å². The predicted octanol–water partition coefficient (Wildman–Crippen LogP) is 9.11. The van der Waals surface area contributed by atoms with Crippen LogP contribution in [0.2, 0.25) is 10.0 Å². The van der Waals surface area contributed by atoms with E-state index in [0.29, 0.717) is 32.8 Å². The lowest BCUT2D eigenvalue weighted by atomic mass is 10.0. The molecule has 2 aromatic heterocycles. The molecule has 0 radical (unpaired) electrons. The van der Waals surface area contributed by atoms with Gasteiger partial charge in [-0.3, -0.25) is 0 Å². The Balaban J connectivity index is 0.000000165. The summed E-state index contributed by atoms with van der Waals surface area (Å²) in [5, 5.41) is 50.5. The Morgan fingerprint density at radius 1 is 0.638 bits per heavy atom. The summed E-state index contributed by atoms with van der Waals surface area (Å²) in [7, 11) is 0. The largest absolute Gasteiger partial charge is 0.508 e. The van der Waals surface area contributed by atoms with E-state index in [1.54, 1.807) is 40.0 Å². The smallest absolute Gasteiger partial charge is 0.128 e. The molecule has 0 saturated heterocycles. The van der Waals surface area contributed by atoms with Gasteiger partial charge in [0.25, 0.3) is 0 Å². The highest BCUT2D eigenvalue weighted by Gasteiger charge is 2.24. The van der Waals surface area contributed by atoms with Crippen molar-refractivity contribution in [2.75, 3.05) is 0 Å². The zero-order valence-corrected chi connectivity index (χ0v) is 27.2. The summed E-state index contributed by atoms with van der Waals surface area (Å²) in [6.07, 6.45) is 8.20. The lowest BCUT2D eigenvalue weighted by Crippen LogP contribution is -2.00. The van der Waals surface area contributed by atoms with Crippen molar-refractivity contribution >= 4 is 23.2 Å². The molecular formula is C37H34Cl2N4O4. The molecule has 0 aliphatic heterocycles. The zero-order chi connectivity index (χ0) is 33.1. The monoisotopic (exact) mass is 668 g/mol. The van der Waals surface area contributed by atoms with Crippen LogP contribution in [0.4, 0.5) is 0 Å². The van der Waals surface area contributed by atoms with Gasteiger partial charge in [-0.05, 0) is 91.3 Å². The molecule has 0 unspecified atom stereocenters. The van der Waals surface area contributed by atoms with Crippen molar-refractivity contribution in [3.8, 4) is 56.9 Å². The molecule has 47 heavy (non-hydrogen) atoms. The summed E-state index contributed by atoms with van der Waals surface area (Å²) in [5.74, 6) is 0.933. The third kappa shape index (κ3) is 6.94. The van der Waals surface area contributed by atoms with E-state index < -0.39 is 0 Å². The van der Waals surface area contributed by atoms with Crippen LogP contribution in [0.1, 0.15) is 37.3 Å². The van der Waals surface area contributed by atoms with Crippen LogP contribution in [0.3, 0.4) is 0 Å². The molecule has 7 rings (SSSR count). The van der Waals surface area contributed by atoms with Crippen molar-refractivity contribution in [1.29, 1.82) is 0 Å². The number of aromatic nitrogens is 4. The lowest BCUT2D eigenvalue weighted by molar-refractivity contribution is 0.445. The molecule has 1 aliphatic carbocycles. The predicted molar refractivity (Wildman–Crippen MR) is 185 cm³/mol. The number of para-hydroxylation sites is 2. The summed E-state index contributed by atoms with van der Waals surface area (Å²) >= 11 is 12.5. The van der Waals surface area contributed by atoms with E-state index in [9.17, 15) is 20.4 Å². The van der Waals surface area contributed by atoms with Crippen LogP contribution in [0.25, 0.3) is 33.9 Å². The SMILES string of the molecule is CCCc1cc(-c2ccnn2-c2ccccc2Cl)c(O)cc1O.Oc1cc(O)c(-c2ccnn2-c2ccccc2Cl)cc1CC1CC1. The van der Waals surface area contributed by atoms with Gasteiger partial charge in [-0.2, -0.15) is 10.2 Å². The third-order valence-electron chi connectivity index (χ3n) is 8.12. The second-order valence-electron chi connectivity index (χ2n) is 11.6. The molecule has 4 N–H and O–H groups in total. The van der Waals surface area contributed by atoms with Gasteiger partial charge in [0.15, 0.2) is 0 Å². The van der Waals surface area contributed by atoms with E-state index in [2.05, 4.69) is 10.2 Å². The van der Waals surface area contributed by atoms with Crippen molar-refractivity contribution < 1.29 is 20.4 Å². The molecule has 1 aliphatic rings. The third-order valence-corrected chi connectivity index (χ3v) is 8.76. The molecule has 0 bridgehead atoms. The number of aryl methyl sites for hydroxylation is 1. The number of hydrogen-bond donors (Lipinski definition) is 4. The molecule has 1 saturated carbocycles. The van der Waals surface area contributed by atoms with E-state index in [4.69, 9.17) is 23.2 Å². The minimum atomic E-state index is 0.0103. The van der Waals surface area contributed by atoms with Crippen molar-refractivity contribution in [1.82, 2.24) is 19.6 Å². The topological polar surface area (TPSA) is 117 Å². The molecule has 1 fully saturated rings. The Labute approximate surface area is 282 Å². The van der Waals surface area contributed by atoms with Crippen LogP contribution >= 0.6 is 23.2 Å². The second kappa shape index (κ2) is 13.8. The molecule has 10 heteroatoms. The lowest BCUT2D eigenvalue weighted by Gasteiger charge is -2.13. The van der Waals surface area contributed by atoms with E-state index >= 15 is 0 Å². The summed E-state index contributed by atoms with van der Waals surface area (Å²) in [6.45, 7) is 2.04. The fourth-order valence-electron chi connectivity index (χ4n) is 5.57.